The van der Waals surface area contributed by atoms with Crippen LogP contribution in [0.25, 0.3) is 0 Å². The Hall–Kier alpha value is -3.89. The highest BCUT2D eigenvalue weighted by atomic mass is 19.1. The molecule has 0 aliphatic heterocycles. The molecular formula is C24H23F3N4O4. The second-order valence-electron chi connectivity index (χ2n) is 8.36. The largest absolute Gasteiger partial charge is 0.469 e. The van der Waals surface area contributed by atoms with E-state index in [4.69, 9.17) is 9.15 Å². The Bertz CT molecular complexity index is 1180. The van der Waals surface area contributed by atoms with Crippen molar-refractivity contribution < 1.29 is 31.9 Å². The zero-order chi connectivity index (χ0) is 24.9. The Morgan fingerprint density at radius 2 is 1.69 bits per heavy atom. The number of esters is 1. The van der Waals surface area contributed by atoms with Crippen LogP contribution in [0.2, 0.25) is 0 Å². The van der Waals surface area contributed by atoms with Crippen molar-refractivity contribution in [1.82, 2.24) is 10.2 Å². The minimum absolute atomic E-state index is 0.174. The van der Waals surface area contributed by atoms with Crippen LogP contribution in [0, 0.1) is 23.4 Å². The van der Waals surface area contributed by atoms with Gasteiger partial charge in [0.25, 0.3) is 0 Å². The SMILES string of the molecule is COC(=O)CC1CCC(c2ccc(NC(=O)c3nnc(Nc4c(F)cc(F)cc4F)o3)cc2)CC1. The highest BCUT2D eigenvalue weighted by Gasteiger charge is 2.24. The van der Waals surface area contributed by atoms with E-state index in [9.17, 15) is 22.8 Å². The molecule has 0 unspecified atom stereocenters. The Morgan fingerprint density at radius 1 is 1.03 bits per heavy atom. The van der Waals surface area contributed by atoms with Gasteiger partial charge in [-0.15, -0.1) is 5.10 Å². The Morgan fingerprint density at radius 3 is 2.31 bits per heavy atom. The third kappa shape index (κ3) is 5.97. The molecule has 2 N–H and O–H groups in total. The molecule has 1 amide bonds. The van der Waals surface area contributed by atoms with E-state index < -0.39 is 41.0 Å². The molecule has 8 nitrogen and oxygen atoms in total. The summed E-state index contributed by atoms with van der Waals surface area (Å²) in [6.45, 7) is 0. The van der Waals surface area contributed by atoms with Gasteiger partial charge in [-0.1, -0.05) is 17.2 Å². The van der Waals surface area contributed by atoms with Gasteiger partial charge in [0.2, 0.25) is 0 Å². The first-order chi connectivity index (χ1) is 16.8. The molecule has 0 saturated heterocycles. The molecule has 1 fully saturated rings. The average Bonchev–Trinajstić information content (AvgIpc) is 3.31. The molecular weight excluding hydrogens is 465 g/mol. The van der Waals surface area contributed by atoms with Crippen molar-refractivity contribution in [2.24, 2.45) is 5.92 Å². The van der Waals surface area contributed by atoms with Gasteiger partial charge in [0.1, 0.15) is 11.5 Å². The van der Waals surface area contributed by atoms with Gasteiger partial charge >= 0.3 is 23.8 Å². The van der Waals surface area contributed by atoms with Gasteiger partial charge in [-0.05, 0) is 55.2 Å². The standard InChI is InChI=1S/C24H23F3N4O4/c1-34-20(32)10-13-2-4-14(5-3-13)15-6-8-17(9-7-15)28-22(33)23-30-31-24(35-23)29-21-18(26)11-16(25)12-19(21)27/h6-9,11-14H,2-5,10H2,1H3,(H,28,33)(H,29,31). The number of hydrogen-bond donors (Lipinski definition) is 2. The third-order valence-electron chi connectivity index (χ3n) is 6.03. The number of carbonyl (C=O) groups excluding carboxylic acids is 2. The number of ether oxygens (including phenoxy) is 1. The number of methoxy groups -OCH3 is 1. The lowest BCUT2D eigenvalue weighted by Crippen LogP contribution is -2.17. The number of nitrogens with zero attached hydrogens (tertiary/aromatic N) is 2. The van der Waals surface area contributed by atoms with Crippen molar-refractivity contribution in [2.45, 2.75) is 38.0 Å². The summed E-state index contributed by atoms with van der Waals surface area (Å²) < 4.78 is 50.4. The number of rotatable bonds is 7. The number of nitrogens with one attached hydrogen (secondary N) is 2. The quantitative estimate of drug-likeness (QED) is 0.434. The summed E-state index contributed by atoms with van der Waals surface area (Å²) in [5.74, 6) is -4.04. The first kappa shape index (κ1) is 24.2. The van der Waals surface area contributed by atoms with Crippen LogP contribution in [0.3, 0.4) is 0 Å². The molecule has 1 aliphatic rings. The van der Waals surface area contributed by atoms with Crippen molar-refractivity contribution in [3.05, 3.63) is 65.3 Å². The first-order valence-corrected chi connectivity index (χ1v) is 11.1. The summed E-state index contributed by atoms with van der Waals surface area (Å²) in [5, 5.41) is 11.9. The van der Waals surface area contributed by atoms with Crippen molar-refractivity contribution in [1.29, 1.82) is 0 Å². The molecule has 11 heteroatoms. The van der Waals surface area contributed by atoms with E-state index in [0.29, 0.717) is 36.1 Å². The summed E-state index contributed by atoms with van der Waals surface area (Å²) in [6.07, 6.45) is 4.31. The fraction of sp³-hybridized carbons (Fsp3) is 0.333. The number of amides is 1. The maximum absolute atomic E-state index is 13.8. The third-order valence-corrected chi connectivity index (χ3v) is 6.03. The predicted octanol–water partition coefficient (Wildman–Crippen LogP) is 5.32. The highest BCUT2D eigenvalue weighted by Crippen LogP contribution is 2.37. The molecule has 3 aromatic rings. The van der Waals surface area contributed by atoms with Gasteiger partial charge in [-0.3, -0.25) is 9.59 Å². The van der Waals surface area contributed by atoms with E-state index in [-0.39, 0.29) is 5.97 Å². The van der Waals surface area contributed by atoms with E-state index in [2.05, 4.69) is 20.8 Å². The van der Waals surface area contributed by atoms with Gasteiger partial charge in [-0.25, -0.2) is 13.2 Å². The Kier molecular flexibility index (Phi) is 7.33. The Labute approximate surface area is 198 Å². The summed E-state index contributed by atoms with van der Waals surface area (Å²) in [5.41, 5.74) is 0.963. The number of benzene rings is 2. The average molecular weight is 488 g/mol. The van der Waals surface area contributed by atoms with E-state index in [1.165, 1.54) is 7.11 Å². The number of halogens is 3. The van der Waals surface area contributed by atoms with E-state index in [0.717, 1.165) is 31.2 Å². The second-order valence-corrected chi connectivity index (χ2v) is 8.36. The lowest BCUT2D eigenvalue weighted by Gasteiger charge is -2.28. The maximum Gasteiger partial charge on any atom is 0.320 e. The normalized spacial score (nSPS) is 17.6. The van der Waals surface area contributed by atoms with Crippen LogP contribution in [0.5, 0.6) is 0 Å². The van der Waals surface area contributed by atoms with Gasteiger partial charge < -0.3 is 19.8 Å². The molecule has 0 radical (unpaired) electrons. The second kappa shape index (κ2) is 10.6. The molecule has 1 aromatic heterocycles. The van der Waals surface area contributed by atoms with Gasteiger partial charge in [0, 0.05) is 24.2 Å². The van der Waals surface area contributed by atoms with Gasteiger partial charge in [0.05, 0.1) is 7.11 Å². The van der Waals surface area contributed by atoms with Crippen LogP contribution in [0.4, 0.5) is 30.6 Å². The Balaban J connectivity index is 1.32. The monoisotopic (exact) mass is 488 g/mol. The minimum Gasteiger partial charge on any atom is -0.469 e. The smallest absolute Gasteiger partial charge is 0.320 e. The molecule has 0 atom stereocenters. The summed E-state index contributed by atoms with van der Waals surface area (Å²) >= 11 is 0. The van der Waals surface area contributed by atoms with Crippen LogP contribution in [0.1, 0.15) is 54.3 Å². The molecule has 184 valence electrons. The van der Waals surface area contributed by atoms with Crippen LogP contribution in [0.15, 0.2) is 40.8 Å². The zero-order valence-corrected chi connectivity index (χ0v) is 18.8. The number of carbonyl (C=O) groups is 2. The summed E-state index contributed by atoms with van der Waals surface area (Å²) in [6, 6.07) is 7.93. The van der Waals surface area contributed by atoms with Crippen molar-refractivity contribution in [3.63, 3.8) is 0 Å². The molecule has 4 rings (SSSR count). The predicted molar refractivity (Wildman–Crippen MR) is 120 cm³/mol. The molecule has 0 bridgehead atoms. The minimum atomic E-state index is -1.19. The maximum atomic E-state index is 13.8. The van der Waals surface area contributed by atoms with Crippen LogP contribution >= 0.6 is 0 Å². The molecule has 35 heavy (non-hydrogen) atoms. The highest BCUT2D eigenvalue weighted by molar-refractivity contribution is 6.00. The molecule has 2 aromatic carbocycles. The van der Waals surface area contributed by atoms with Crippen molar-refractivity contribution in [3.8, 4) is 0 Å². The topological polar surface area (TPSA) is 106 Å². The van der Waals surface area contributed by atoms with Crippen LogP contribution in [-0.2, 0) is 9.53 Å². The first-order valence-electron chi connectivity index (χ1n) is 11.1. The lowest BCUT2D eigenvalue weighted by atomic mass is 9.77. The van der Waals surface area contributed by atoms with Crippen LogP contribution in [-0.4, -0.2) is 29.2 Å². The number of anilines is 3. The van der Waals surface area contributed by atoms with Gasteiger partial charge in [-0.2, -0.15) is 0 Å². The molecule has 1 saturated carbocycles. The molecule has 1 aliphatic carbocycles. The number of aromatic nitrogens is 2. The number of hydrogen-bond acceptors (Lipinski definition) is 7. The van der Waals surface area contributed by atoms with Crippen LogP contribution < -0.4 is 10.6 Å². The molecule has 1 heterocycles. The zero-order valence-electron chi connectivity index (χ0n) is 18.8. The lowest BCUT2D eigenvalue weighted by molar-refractivity contribution is -0.142. The van der Waals surface area contributed by atoms with E-state index >= 15 is 0 Å². The van der Waals surface area contributed by atoms with Crippen molar-refractivity contribution >= 4 is 29.3 Å². The molecule has 0 spiro atoms. The fourth-order valence-electron chi connectivity index (χ4n) is 4.18. The summed E-state index contributed by atoms with van der Waals surface area (Å²) in [7, 11) is 1.40. The van der Waals surface area contributed by atoms with E-state index in [1.807, 2.05) is 12.1 Å². The van der Waals surface area contributed by atoms with Crippen molar-refractivity contribution in [2.75, 3.05) is 17.7 Å². The van der Waals surface area contributed by atoms with Gasteiger partial charge in [0.15, 0.2) is 11.6 Å². The summed E-state index contributed by atoms with van der Waals surface area (Å²) in [4.78, 5) is 23.9. The fourth-order valence-corrected chi connectivity index (χ4v) is 4.18. The van der Waals surface area contributed by atoms with E-state index in [1.54, 1.807) is 12.1 Å².